The number of nitrogen functional groups attached to an aromatic ring is 4. The predicted molar refractivity (Wildman–Crippen MR) is 537 cm³/mol. The molecule has 2 aromatic carbocycles. The summed E-state index contributed by atoms with van der Waals surface area (Å²) in [7, 11) is 0. The first-order chi connectivity index (χ1) is 66.6. The Balaban J connectivity index is 0.000000181. The van der Waals surface area contributed by atoms with Gasteiger partial charge in [-0.15, -0.1) is 45.3 Å². The van der Waals surface area contributed by atoms with Crippen molar-refractivity contribution in [3.05, 3.63) is 157 Å². The molecule has 18 rings (SSSR count). The number of rotatable bonds is 25. The van der Waals surface area contributed by atoms with Crippen molar-refractivity contribution in [1.82, 2.24) is 110 Å². The van der Waals surface area contributed by atoms with Crippen molar-refractivity contribution < 1.29 is 58.0 Å². The van der Waals surface area contributed by atoms with Gasteiger partial charge in [0.25, 0.3) is 5.91 Å². The minimum atomic E-state index is -0.634. The maximum atomic E-state index is 11.8. The number of halogens is 2. The number of carbonyl (C=O) groups is 4. The summed E-state index contributed by atoms with van der Waals surface area (Å²) < 4.78 is 32.7. The summed E-state index contributed by atoms with van der Waals surface area (Å²) in [5, 5.41) is 31.6. The molecule has 15 aromatic rings. The lowest BCUT2D eigenvalue weighted by atomic mass is 10.1. The van der Waals surface area contributed by atoms with Crippen molar-refractivity contribution >= 4 is 196 Å². The molecule has 137 heavy (non-hydrogen) atoms. The Hall–Kier alpha value is -12.4. The van der Waals surface area contributed by atoms with Gasteiger partial charge in [-0.1, -0.05) is 24.3 Å². The lowest BCUT2D eigenvalue weighted by molar-refractivity contribution is 0.0515. The first kappa shape index (κ1) is 107. The number of hydrogen-bond donors (Lipinski definition) is 10. The second-order valence-corrected chi connectivity index (χ2v) is 34.4. The third kappa shape index (κ3) is 30.3. The molecular formula is C89H114Cl2N30O12S4. The molecule has 0 aliphatic carbocycles. The van der Waals surface area contributed by atoms with Crippen LogP contribution in [-0.2, 0) is 48.1 Å². The number of ether oxygens (including phenoxy) is 6. The van der Waals surface area contributed by atoms with E-state index in [2.05, 4.69) is 128 Å². The molecule has 16 heterocycles. The van der Waals surface area contributed by atoms with Gasteiger partial charge in [0.15, 0.2) is 17.9 Å². The van der Waals surface area contributed by atoms with Gasteiger partial charge < -0.3 is 71.3 Å². The fourth-order valence-corrected chi connectivity index (χ4v) is 18.1. The van der Waals surface area contributed by atoms with Crippen LogP contribution in [0, 0.1) is 0 Å². The highest BCUT2D eigenvalue weighted by atomic mass is 35.5. The number of piperazine rings is 3. The van der Waals surface area contributed by atoms with Crippen LogP contribution in [0.2, 0.25) is 10.6 Å². The van der Waals surface area contributed by atoms with E-state index < -0.39 is 17.8 Å². The molecule has 15 N–H and O–H groups in total. The highest BCUT2D eigenvalue weighted by Crippen LogP contribution is 2.37. The zero-order valence-corrected chi connectivity index (χ0v) is 82.5. The number of H-pyrrole nitrogens is 2. The number of benzene rings is 2. The van der Waals surface area contributed by atoms with Gasteiger partial charge in [-0.25, -0.2) is 80.8 Å². The van der Waals surface area contributed by atoms with Crippen molar-refractivity contribution in [3.8, 4) is 22.8 Å². The zero-order valence-electron chi connectivity index (χ0n) is 77.7. The Bertz CT molecular complexity index is 6270. The van der Waals surface area contributed by atoms with E-state index in [4.69, 9.17) is 94.9 Å². The van der Waals surface area contributed by atoms with Gasteiger partial charge in [0, 0.05) is 225 Å². The number of nitrogens with zero attached hydrogens (tertiary/aromatic N) is 22. The molecular weight excluding hydrogens is 1880 g/mol. The number of amides is 1. The summed E-state index contributed by atoms with van der Waals surface area (Å²) in [5.41, 5.74) is 33.5. The van der Waals surface area contributed by atoms with Crippen LogP contribution >= 0.6 is 68.5 Å². The molecule has 3 aliphatic rings. The number of aromatic nitrogens is 18. The summed E-state index contributed by atoms with van der Waals surface area (Å²) in [6.07, 6.45) is 13.2. The SMILES string of the molecule is CCOC(=O)c1cnc(N2CCN(Cc3cc4nc(-c5cccc6[nH]ncc56)nc(N)c4s3)CC2)nc1.CCOC(=O)c1cnc(N2CCN(Cc3cc4nc(Cl)nc(N)c4s3)CC2)nc1.CCOCC.CCOCC.CCOCC.CCOCC.NO.Nc1nc(-c2cccc3[nH]ncc23)nc2cc(CN3CCN(c4ncc(C(=O)NO)cn4)CC3)sc12.Nc1nc(Cl)nc2cc(C=O)sc12. The maximum Gasteiger partial charge on any atom is 0.341 e. The van der Waals surface area contributed by atoms with Crippen molar-refractivity contribution in [2.24, 2.45) is 5.90 Å². The topological polar surface area (TPSA) is 564 Å². The molecule has 48 heteroatoms. The molecule has 0 atom stereocenters. The first-order valence-electron chi connectivity index (χ1n) is 44.2. The maximum absolute atomic E-state index is 11.8. The minimum Gasteiger partial charge on any atom is -0.462 e. The van der Waals surface area contributed by atoms with Crippen LogP contribution in [0.3, 0.4) is 0 Å². The van der Waals surface area contributed by atoms with E-state index >= 15 is 0 Å². The average molecular weight is 2000 g/mol. The van der Waals surface area contributed by atoms with Crippen LogP contribution in [-0.4, -0.2) is 284 Å². The number of esters is 2. The minimum absolute atomic E-state index is 0.0975. The fourth-order valence-electron chi connectivity index (χ4n) is 13.8. The number of hydrogen-bond acceptors (Lipinski definition) is 43. The van der Waals surface area contributed by atoms with Crippen LogP contribution in [0.4, 0.5) is 41.1 Å². The molecule has 42 nitrogen and oxygen atoms in total. The van der Waals surface area contributed by atoms with Crippen molar-refractivity contribution in [2.45, 2.75) is 88.9 Å². The average Bonchev–Trinajstić information content (AvgIpc) is 1.64. The highest BCUT2D eigenvalue weighted by molar-refractivity contribution is 7.21. The van der Waals surface area contributed by atoms with E-state index in [0.29, 0.717) is 92.2 Å². The summed E-state index contributed by atoms with van der Waals surface area (Å²) in [5.74, 6) is 6.76. The molecule has 1 amide bonds. The summed E-state index contributed by atoms with van der Waals surface area (Å²) in [6, 6.07) is 19.7. The number of aldehydes is 1. The molecule has 0 spiro atoms. The smallest absolute Gasteiger partial charge is 0.341 e. The number of nitrogens with one attached hydrogen (secondary N) is 3. The van der Waals surface area contributed by atoms with E-state index in [1.54, 1.807) is 71.8 Å². The monoisotopic (exact) mass is 1990 g/mol. The van der Waals surface area contributed by atoms with Gasteiger partial charge in [0.05, 0.1) is 99.1 Å². The molecule has 0 radical (unpaired) electrons. The summed E-state index contributed by atoms with van der Waals surface area (Å²) >= 11 is 17.6. The number of anilines is 7. The molecule has 3 saturated heterocycles. The Morgan fingerprint density at radius 2 is 0.715 bits per heavy atom. The van der Waals surface area contributed by atoms with Gasteiger partial charge in [0.2, 0.25) is 28.4 Å². The third-order valence-corrected chi connectivity index (χ3v) is 25.1. The predicted octanol–water partition coefficient (Wildman–Crippen LogP) is 12.6. The number of nitrogens with two attached hydrogens (primary N) is 5. The number of aromatic amines is 2. The van der Waals surface area contributed by atoms with Crippen LogP contribution < -0.4 is 49.0 Å². The molecule has 0 saturated carbocycles. The van der Waals surface area contributed by atoms with Gasteiger partial charge in [-0.3, -0.25) is 39.7 Å². The molecule has 3 fully saturated rings. The molecule has 0 bridgehead atoms. The van der Waals surface area contributed by atoms with Gasteiger partial charge in [-0.05, 0) is 129 Å². The zero-order chi connectivity index (χ0) is 98.3. The Labute approximate surface area is 816 Å². The lowest BCUT2D eigenvalue weighted by Gasteiger charge is -2.34. The molecule has 0 unspecified atom stereocenters. The highest BCUT2D eigenvalue weighted by Gasteiger charge is 2.27. The molecule has 730 valence electrons. The van der Waals surface area contributed by atoms with Crippen molar-refractivity contribution in [1.29, 1.82) is 0 Å². The van der Waals surface area contributed by atoms with Crippen LogP contribution in [0.5, 0.6) is 0 Å². The first-order valence-corrected chi connectivity index (χ1v) is 48.2. The summed E-state index contributed by atoms with van der Waals surface area (Å²) in [4.78, 5) is 124. The van der Waals surface area contributed by atoms with Crippen molar-refractivity contribution in [2.75, 3.05) is 182 Å². The van der Waals surface area contributed by atoms with Crippen LogP contribution in [0.15, 0.2) is 110 Å². The number of thiophene rings is 4. The van der Waals surface area contributed by atoms with Crippen LogP contribution in [0.25, 0.3) is 85.4 Å². The summed E-state index contributed by atoms with van der Waals surface area (Å²) in [6.45, 7) is 39.2. The molecule has 3 aliphatic heterocycles. The third-order valence-electron chi connectivity index (χ3n) is 20.3. The van der Waals surface area contributed by atoms with E-state index in [-0.39, 0.29) is 16.1 Å². The largest absolute Gasteiger partial charge is 0.462 e. The standard InChI is InChI=1S/C25H25N9O2S.C23H22N10O2S.C18H20ClN7O2S.C7H4ClN3OS.4C4H10O.H3NO/c1-2-36-24(35)15-11-27-25(28-12-15)34-8-6-33(7-9-34)14-16-10-20-21(37-16)22(26)31-23(30-20)17-4-3-5-19-18(17)13-29-32-19;24-20-19-18(28-21(29-20)15-2-1-3-17-16(15)11-27-30-17)8-14(36-19)12-32-4-6-33(7-5-32)23-25-9-13(10-26-23)22(34)31-35;1-2-28-16(27)11-8-21-18(22-9-11)26-5-3-25(4-6-26)10-12-7-13-14(29-12)15(20)24-17(19)23-13;8-7-10-4-1-3(2-12)13-5(4)6(9)11-7;4*1-3-5-4-2;1-2/h3-5,10-13H,2,6-9,14H2,1H3,(H,29,32)(H2,26,30,31);1-3,8-11,35H,4-7,12H2,(H,27,30)(H,31,34)(H2,24,28,29);7-9H,2-6,10H2,1H3,(H2,20,23,24);1-2H,(H2,9,10,11);4*3-4H2,1-2H3;2H,1H2. The second kappa shape index (κ2) is 55.1. The second-order valence-electron chi connectivity index (χ2n) is 29.3. The van der Waals surface area contributed by atoms with E-state index in [0.717, 1.165) is 221 Å². The van der Waals surface area contributed by atoms with Crippen molar-refractivity contribution in [3.63, 3.8) is 0 Å². The van der Waals surface area contributed by atoms with Gasteiger partial charge >= 0.3 is 11.9 Å². The van der Waals surface area contributed by atoms with E-state index in [9.17, 15) is 19.2 Å². The quantitative estimate of drug-likeness (QED) is 0.00835. The molecule has 13 aromatic heterocycles. The number of fused-ring (bicyclic) bond motifs is 6. The Morgan fingerprint density at radius 3 is 1.02 bits per heavy atom. The normalized spacial score (nSPS) is 13.2. The van der Waals surface area contributed by atoms with Gasteiger partial charge in [0.1, 0.15) is 23.3 Å². The Morgan fingerprint density at radius 1 is 0.409 bits per heavy atom. The number of hydroxylamine groups is 1. The fraction of sp³-hybridized carbons (Fsp3) is 0.393. The lowest BCUT2D eigenvalue weighted by Crippen LogP contribution is -2.46. The van der Waals surface area contributed by atoms with Crippen LogP contribution in [0.1, 0.15) is 125 Å². The van der Waals surface area contributed by atoms with Gasteiger partial charge in [-0.2, -0.15) is 20.2 Å². The van der Waals surface area contributed by atoms with E-state index in [1.165, 1.54) is 63.1 Å². The number of carbonyl (C=O) groups excluding carboxylic acids is 4. The Kier molecular flexibility index (Phi) is 42.9. The van der Waals surface area contributed by atoms with E-state index in [1.807, 2.05) is 97.9 Å².